The van der Waals surface area contributed by atoms with E-state index in [9.17, 15) is 0 Å². The molecule has 1 saturated carbocycles. The van der Waals surface area contributed by atoms with Crippen molar-refractivity contribution in [3.05, 3.63) is 16.1 Å². The number of likely N-dealkylation sites (N-methyl/N-ethyl adjacent to an activating group) is 1. The summed E-state index contributed by atoms with van der Waals surface area (Å²) in [6.07, 6.45) is 5.17. The molecule has 1 aliphatic rings. The fourth-order valence-corrected chi connectivity index (χ4v) is 4.56. The number of nitrogens with one attached hydrogen (secondary N) is 1. The average Bonchev–Trinajstić information content (AvgIpc) is 2.92. The summed E-state index contributed by atoms with van der Waals surface area (Å²) >= 11 is 1.83. The Hall–Kier alpha value is -0.410. The van der Waals surface area contributed by atoms with Crippen molar-refractivity contribution in [1.82, 2.24) is 10.3 Å². The largest absolute Gasteiger partial charge is 0.316 e. The van der Waals surface area contributed by atoms with Gasteiger partial charge in [-0.3, -0.25) is 0 Å². The van der Waals surface area contributed by atoms with E-state index in [2.05, 4.69) is 52.4 Å². The number of hydrogen-bond donors (Lipinski definition) is 1. The molecular weight excluding hydrogens is 264 g/mol. The van der Waals surface area contributed by atoms with Gasteiger partial charge in [-0.15, -0.1) is 11.3 Å². The van der Waals surface area contributed by atoms with Crippen molar-refractivity contribution in [2.75, 3.05) is 7.05 Å². The molecule has 1 aromatic rings. The molecular formula is C17H30N2S. The van der Waals surface area contributed by atoms with Gasteiger partial charge in [0.1, 0.15) is 0 Å². The van der Waals surface area contributed by atoms with Crippen LogP contribution in [0.5, 0.6) is 0 Å². The zero-order valence-corrected chi connectivity index (χ0v) is 14.7. The van der Waals surface area contributed by atoms with Crippen LogP contribution in [-0.2, 0) is 11.8 Å². The summed E-state index contributed by atoms with van der Waals surface area (Å²) in [6.45, 7) is 11.6. The summed E-state index contributed by atoms with van der Waals surface area (Å²) in [7, 11) is 2.11. The first-order chi connectivity index (χ1) is 9.24. The predicted molar refractivity (Wildman–Crippen MR) is 88.5 cm³/mol. The molecule has 2 unspecified atom stereocenters. The van der Waals surface area contributed by atoms with E-state index in [1.54, 1.807) is 0 Å². The van der Waals surface area contributed by atoms with Crippen LogP contribution in [0.15, 0.2) is 5.38 Å². The second kappa shape index (κ2) is 5.76. The van der Waals surface area contributed by atoms with E-state index in [1.165, 1.54) is 30.0 Å². The number of rotatable bonds is 4. The summed E-state index contributed by atoms with van der Waals surface area (Å²) < 4.78 is 0. The summed E-state index contributed by atoms with van der Waals surface area (Å²) in [6, 6.07) is 0.562. The molecule has 0 spiro atoms. The van der Waals surface area contributed by atoms with E-state index in [0.717, 1.165) is 12.3 Å². The molecule has 0 bridgehead atoms. The van der Waals surface area contributed by atoms with Crippen LogP contribution in [0.2, 0.25) is 0 Å². The Morgan fingerprint density at radius 3 is 2.60 bits per heavy atom. The minimum Gasteiger partial charge on any atom is -0.316 e. The van der Waals surface area contributed by atoms with E-state index in [-0.39, 0.29) is 5.41 Å². The number of aromatic nitrogens is 1. The topological polar surface area (TPSA) is 24.9 Å². The van der Waals surface area contributed by atoms with Gasteiger partial charge in [0, 0.05) is 23.3 Å². The smallest absolute Gasteiger partial charge is 0.0944 e. The van der Waals surface area contributed by atoms with Crippen LogP contribution in [0.25, 0.3) is 0 Å². The second-order valence-corrected chi connectivity index (χ2v) is 8.91. The van der Waals surface area contributed by atoms with Crippen molar-refractivity contribution < 1.29 is 0 Å². The first kappa shape index (κ1) is 16.0. The minimum atomic E-state index is 0.163. The number of thiazole rings is 1. The van der Waals surface area contributed by atoms with Gasteiger partial charge in [-0.05, 0) is 31.2 Å². The van der Waals surface area contributed by atoms with Gasteiger partial charge in [-0.1, -0.05) is 41.0 Å². The molecule has 2 nitrogen and oxygen atoms in total. The minimum absolute atomic E-state index is 0.163. The van der Waals surface area contributed by atoms with Gasteiger partial charge in [-0.25, -0.2) is 4.98 Å². The van der Waals surface area contributed by atoms with E-state index in [4.69, 9.17) is 4.98 Å². The molecule has 0 saturated heterocycles. The van der Waals surface area contributed by atoms with Crippen LogP contribution in [0.3, 0.4) is 0 Å². The third-order valence-corrected chi connectivity index (χ3v) is 5.78. The van der Waals surface area contributed by atoms with Gasteiger partial charge >= 0.3 is 0 Å². The van der Waals surface area contributed by atoms with Crippen molar-refractivity contribution in [1.29, 1.82) is 0 Å². The summed E-state index contributed by atoms with van der Waals surface area (Å²) in [5.74, 6) is 0.773. The highest BCUT2D eigenvalue weighted by Gasteiger charge is 2.39. The van der Waals surface area contributed by atoms with Crippen molar-refractivity contribution in [3.63, 3.8) is 0 Å². The van der Waals surface area contributed by atoms with Gasteiger partial charge in [0.05, 0.1) is 10.7 Å². The maximum absolute atomic E-state index is 4.87. The van der Waals surface area contributed by atoms with E-state index in [1.807, 2.05) is 11.3 Å². The lowest BCUT2D eigenvalue weighted by Crippen LogP contribution is -2.40. The third-order valence-electron chi connectivity index (χ3n) is 4.91. The maximum Gasteiger partial charge on any atom is 0.0944 e. The molecule has 0 aromatic carbocycles. The molecule has 1 fully saturated rings. The van der Waals surface area contributed by atoms with Crippen LogP contribution < -0.4 is 5.32 Å². The van der Waals surface area contributed by atoms with E-state index >= 15 is 0 Å². The molecule has 114 valence electrons. The number of hydrogen-bond acceptors (Lipinski definition) is 3. The number of nitrogens with zero attached hydrogens (tertiary/aromatic N) is 1. The Balaban J connectivity index is 2.09. The van der Waals surface area contributed by atoms with Crippen LogP contribution in [-0.4, -0.2) is 18.1 Å². The van der Waals surface area contributed by atoms with E-state index < -0.39 is 0 Å². The van der Waals surface area contributed by atoms with Crippen LogP contribution in [0.1, 0.15) is 64.6 Å². The molecule has 1 N–H and O–H groups in total. The Kier molecular flexibility index (Phi) is 4.60. The average molecular weight is 295 g/mol. The molecule has 3 heteroatoms. The maximum atomic E-state index is 4.87. The van der Waals surface area contributed by atoms with Crippen molar-refractivity contribution in [2.24, 2.45) is 11.3 Å². The van der Waals surface area contributed by atoms with Gasteiger partial charge in [0.2, 0.25) is 0 Å². The SMILES string of the molecule is CNC(Cc1nc(C(C)(C)C)cs1)C1CCCC1(C)C. The normalized spacial score (nSPS) is 24.0. The quantitative estimate of drug-likeness (QED) is 0.890. The molecule has 1 aliphatic carbocycles. The van der Waals surface area contributed by atoms with Crippen LogP contribution >= 0.6 is 11.3 Å². The first-order valence-electron chi connectivity index (χ1n) is 7.86. The van der Waals surface area contributed by atoms with Crippen molar-refractivity contribution >= 4 is 11.3 Å². The molecule has 0 aliphatic heterocycles. The molecule has 2 atom stereocenters. The molecule has 1 heterocycles. The lowest BCUT2D eigenvalue weighted by Gasteiger charge is -2.33. The molecule has 0 radical (unpaired) electrons. The highest BCUT2D eigenvalue weighted by Crippen LogP contribution is 2.45. The Labute approximate surface area is 128 Å². The summed E-state index contributed by atoms with van der Waals surface area (Å²) in [5, 5.41) is 7.09. The summed E-state index contributed by atoms with van der Waals surface area (Å²) in [4.78, 5) is 4.87. The highest BCUT2D eigenvalue weighted by atomic mass is 32.1. The fraction of sp³-hybridized carbons (Fsp3) is 0.824. The Bertz CT molecular complexity index is 442. The molecule has 2 rings (SSSR count). The van der Waals surface area contributed by atoms with Gasteiger partial charge < -0.3 is 5.32 Å². The van der Waals surface area contributed by atoms with Gasteiger partial charge in [0.15, 0.2) is 0 Å². The van der Waals surface area contributed by atoms with Gasteiger partial charge in [0.25, 0.3) is 0 Å². The molecule has 0 amide bonds. The lowest BCUT2D eigenvalue weighted by atomic mass is 9.76. The van der Waals surface area contributed by atoms with E-state index in [0.29, 0.717) is 11.5 Å². The predicted octanol–water partition coefficient (Wildman–Crippen LogP) is 4.40. The molecule has 20 heavy (non-hydrogen) atoms. The second-order valence-electron chi connectivity index (χ2n) is 7.96. The lowest BCUT2D eigenvalue weighted by molar-refractivity contribution is 0.201. The monoisotopic (exact) mass is 294 g/mol. The molecule has 1 aromatic heterocycles. The van der Waals surface area contributed by atoms with Crippen LogP contribution in [0, 0.1) is 11.3 Å². The van der Waals surface area contributed by atoms with Crippen LogP contribution in [0.4, 0.5) is 0 Å². The van der Waals surface area contributed by atoms with Crippen molar-refractivity contribution in [2.45, 2.75) is 71.8 Å². The van der Waals surface area contributed by atoms with Gasteiger partial charge in [-0.2, -0.15) is 0 Å². The Morgan fingerprint density at radius 1 is 1.45 bits per heavy atom. The van der Waals surface area contributed by atoms with Crippen molar-refractivity contribution in [3.8, 4) is 0 Å². The highest BCUT2D eigenvalue weighted by molar-refractivity contribution is 7.09. The Morgan fingerprint density at radius 2 is 2.15 bits per heavy atom. The zero-order chi connectivity index (χ0) is 15.0. The summed E-state index contributed by atoms with van der Waals surface area (Å²) in [5.41, 5.74) is 1.87. The first-order valence-corrected chi connectivity index (χ1v) is 8.74. The fourth-order valence-electron chi connectivity index (χ4n) is 3.48. The standard InChI is InChI=1S/C17H30N2S/c1-16(2,3)14-11-20-15(19-14)10-13(18-6)12-8-7-9-17(12,4)5/h11-13,18H,7-10H2,1-6H3. The zero-order valence-electron chi connectivity index (χ0n) is 13.9. The third kappa shape index (κ3) is 3.43.